The molecule has 1 aliphatic heterocycles. The van der Waals surface area contributed by atoms with Crippen molar-refractivity contribution in [3.05, 3.63) is 83.3 Å². The Morgan fingerprint density at radius 1 is 0.833 bits per heavy atom. The Morgan fingerprint density at radius 3 is 2.29 bits per heavy atom. The summed E-state index contributed by atoms with van der Waals surface area (Å²) in [5.74, 6) is 4.07. The molecule has 0 fully saturated rings. The molecule has 0 atom stereocenters. The molecule has 0 radical (unpaired) electrons. The van der Waals surface area contributed by atoms with Gasteiger partial charge >= 0.3 is 0 Å². The summed E-state index contributed by atoms with van der Waals surface area (Å²) in [7, 11) is 6.59. The summed E-state index contributed by atoms with van der Waals surface area (Å²) in [6.45, 7) is 2.88. The van der Waals surface area contributed by atoms with E-state index in [4.69, 9.17) is 34.0 Å². The Balaban J connectivity index is 1.30. The average molecular weight is 568 g/mol. The van der Waals surface area contributed by atoms with Gasteiger partial charge in [-0.05, 0) is 59.5 Å². The summed E-state index contributed by atoms with van der Waals surface area (Å²) < 4.78 is 23.7. The lowest BCUT2D eigenvalue weighted by atomic mass is 9.98. The van der Waals surface area contributed by atoms with Crippen LogP contribution >= 0.6 is 0 Å². The third-order valence-corrected chi connectivity index (χ3v) is 7.47. The molecule has 4 heterocycles. The van der Waals surface area contributed by atoms with Crippen molar-refractivity contribution < 1.29 is 18.9 Å². The van der Waals surface area contributed by atoms with Gasteiger partial charge in [0.25, 0.3) is 0 Å². The molecule has 0 spiro atoms. The third-order valence-electron chi connectivity index (χ3n) is 7.47. The number of rotatable bonds is 10. The number of benzene rings is 2. The quantitative estimate of drug-likeness (QED) is 0.261. The van der Waals surface area contributed by atoms with Gasteiger partial charge in [0, 0.05) is 55.9 Å². The van der Waals surface area contributed by atoms with Gasteiger partial charge in [0.15, 0.2) is 34.5 Å². The van der Waals surface area contributed by atoms with Crippen LogP contribution in [0, 0.1) is 0 Å². The summed E-state index contributed by atoms with van der Waals surface area (Å²) in [6, 6.07) is 13.8. The molecule has 1 aliphatic rings. The lowest BCUT2D eigenvalue weighted by Gasteiger charge is -2.29. The van der Waals surface area contributed by atoms with Crippen molar-refractivity contribution in [1.82, 2.24) is 29.5 Å². The molecule has 0 amide bonds. The van der Waals surface area contributed by atoms with Crippen LogP contribution in [0.5, 0.6) is 23.0 Å². The minimum atomic E-state index is 0.514. The van der Waals surface area contributed by atoms with Crippen LogP contribution in [0.15, 0.2) is 61.1 Å². The van der Waals surface area contributed by atoms with E-state index in [9.17, 15) is 0 Å². The highest BCUT2D eigenvalue weighted by Crippen LogP contribution is 2.34. The number of aromatic nitrogens is 5. The molecular formula is C31H33N7O4. The van der Waals surface area contributed by atoms with Crippen LogP contribution in [0.1, 0.15) is 22.3 Å². The van der Waals surface area contributed by atoms with E-state index in [1.165, 1.54) is 11.1 Å². The molecule has 6 rings (SSSR count). The molecule has 216 valence electrons. The number of nitrogens with one attached hydrogen (secondary N) is 1. The van der Waals surface area contributed by atoms with Gasteiger partial charge in [0.1, 0.15) is 0 Å². The van der Waals surface area contributed by atoms with E-state index in [0.717, 1.165) is 53.3 Å². The number of hydrogen-bond donors (Lipinski definition) is 1. The standard InChI is InChI=1S/C31H33N7O4/c1-39-25-6-5-20(13-26(25)40-2)16-33-31-34-17-24(30-35-29(36-38(30)31)21-7-10-32-11-8-21)19-37-12-9-22-14-27(41-3)28(42-4)15-23(22)18-37/h5-8,10-11,13-15,17H,9,12,16,18-19H2,1-4H3,(H,33,34). The van der Waals surface area contributed by atoms with E-state index >= 15 is 0 Å². The van der Waals surface area contributed by atoms with Crippen molar-refractivity contribution >= 4 is 11.6 Å². The van der Waals surface area contributed by atoms with E-state index in [-0.39, 0.29) is 0 Å². The molecule has 0 aliphatic carbocycles. The topological polar surface area (TPSA) is 108 Å². The monoisotopic (exact) mass is 567 g/mol. The van der Waals surface area contributed by atoms with Gasteiger partial charge < -0.3 is 24.3 Å². The highest BCUT2D eigenvalue weighted by molar-refractivity contribution is 5.61. The number of fused-ring (bicyclic) bond motifs is 2. The number of anilines is 1. The fraction of sp³-hybridized carbons (Fsp3) is 0.290. The molecule has 0 saturated carbocycles. The minimum Gasteiger partial charge on any atom is -0.493 e. The average Bonchev–Trinajstić information content (AvgIpc) is 3.50. The zero-order chi connectivity index (χ0) is 29.1. The first-order valence-electron chi connectivity index (χ1n) is 13.7. The smallest absolute Gasteiger partial charge is 0.226 e. The first-order valence-corrected chi connectivity index (χ1v) is 13.7. The van der Waals surface area contributed by atoms with Crippen molar-refractivity contribution in [2.24, 2.45) is 0 Å². The number of pyridine rings is 1. The minimum absolute atomic E-state index is 0.514. The van der Waals surface area contributed by atoms with Crippen LogP contribution in [0.3, 0.4) is 0 Å². The fourth-order valence-electron chi connectivity index (χ4n) is 5.26. The van der Waals surface area contributed by atoms with E-state index in [1.54, 1.807) is 45.3 Å². The maximum atomic E-state index is 5.55. The maximum absolute atomic E-state index is 5.55. The lowest BCUT2D eigenvalue weighted by Crippen LogP contribution is -2.30. The molecule has 5 aromatic rings. The van der Waals surface area contributed by atoms with E-state index in [2.05, 4.69) is 27.3 Å². The van der Waals surface area contributed by atoms with Crippen LogP contribution in [0.25, 0.3) is 17.0 Å². The molecule has 0 bridgehead atoms. The Morgan fingerprint density at radius 2 is 1.55 bits per heavy atom. The number of hydrogen-bond acceptors (Lipinski definition) is 10. The molecule has 3 aromatic heterocycles. The van der Waals surface area contributed by atoms with Crippen molar-refractivity contribution in [3.63, 3.8) is 0 Å². The van der Waals surface area contributed by atoms with Crippen molar-refractivity contribution in [2.45, 2.75) is 26.1 Å². The first kappa shape index (κ1) is 27.3. The second-order valence-corrected chi connectivity index (χ2v) is 9.99. The van der Waals surface area contributed by atoms with Gasteiger partial charge in [0.2, 0.25) is 5.95 Å². The summed E-state index contributed by atoms with van der Waals surface area (Å²) in [5.41, 5.74) is 6.16. The summed E-state index contributed by atoms with van der Waals surface area (Å²) in [5, 5.41) is 8.27. The van der Waals surface area contributed by atoms with Crippen molar-refractivity contribution in [1.29, 1.82) is 0 Å². The van der Waals surface area contributed by atoms with E-state index < -0.39 is 0 Å². The van der Waals surface area contributed by atoms with Gasteiger partial charge in [-0.3, -0.25) is 9.88 Å². The number of methoxy groups -OCH3 is 4. The van der Waals surface area contributed by atoms with Gasteiger partial charge in [0.05, 0.1) is 28.4 Å². The lowest BCUT2D eigenvalue weighted by molar-refractivity contribution is 0.244. The van der Waals surface area contributed by atoms with Gasteiger partial charge in [-0.25, -0.2) is 9.97 Å². The van der Waals surface area contributed by atoms with Crippen LogP contribution < -0.4 is 24.3 Å². The predicted octanol–water partition coefficient (Wildman–Crippen LogP) is 4.39. The Kier molecular flexibility index (Phi) is 7.74. The zero-order valence-electron chi connectivity index (χ0n) is 24.1. The van der Waals surface area contributed by atoms with Crippen LogP contribution in [0.4, 0.5) is 5.95 Å². The normalized spacial score (nSPS) is 13.0. The third kappa shape index (κ3) is 5.38. The second kappa shape index (κ2) is 11.9. The SMILES string of the molecule is COc1ccc(CNc2ncc(CN3CCc4cc(OC)c(OC)cc4C3)c3nc(-c4ccncc4)nn23)cc1OC. The van der Waals surface area contributed by atoms with Gasteiger partial charge in [-0.1, -0.05) is 6.07 Å². The molecule has 42 heavy (non-hydrogen) atoms. The number of ether oxygens (including phenoxy) is 4. The summed E-state index contributed by atoms with van der Waals surface area (Å²) in [4.78, 5) is 16.3. The maximum Gasteiger partial charge on any atom is 0.226 e. The van der Waals surface area contributed by atoms with E-state index in [1.807, 2.05) is 36.5 Å². The molecule has 0 unspecified atom stereocenters. The largest absolute Gasteiger partial charge is 0.493 e. The van der Waals surface area contributed by atoms with Crippen LogP contribution in [-0.4, -0.2) is 64.4 Å². The molecule has 2 aromatic carbocycles. The molecular weight excluding hydrogens is 534 g/mol. The van der Waals surface area contributed by atoms with E-state index in [0.29, 0.717) is 36.4 Å². The zero-order valence-corrected chi connectivity index (χ0v) is 24.1. The number of nitrogens with zero attached hydrogens (tertiary/aromatic N) is 6. The first-order chi connectivity index (χ1) is 20.6. The Hall–Kier alpha value is -4.90. The van der Waals surface area contributed by atoms with Crippen molar-refractivity contribution in [3.8, 4) is 34.4 Å². The summed E-state index contributed by atoms with van der Waals surface area (Å²) >= 11 is 0. The molecule has 11 nitrogen and oxygen atoms in total. The van der Waals surface area contributed by atoms with Crippen LogP contribution in [0.2, 0.25) is 0 Å². The fourth-order valence-corrected chi connectivity index (χ4v) is 5.26. The Bertz CT molecular complexity index is 1710. The van der Waals surface area contributed by atoms with Crippen molar-refractivity contribution in [2.75, 3.05) is 40.3 Å². The molecule has 0 saturated heterocycles. The van der Waals surface area contributed by atoms with Gasteiger partial charge in [-0.15, -0.1) is 5.10 Å². The van der Waals surface area contributed by atoms with Gasteiger partial charge in [-0.2, -0.15) is 4.52 Å². The highest BCUT2D eigenvalue weighted by Gasteiger charge is 2.22. The summed E-state index contributed by atoms with van der Waals surface area (Å²) in [6.07, 6.45) is 6.29. The Labute approximate surface area is 244 Å². The predicted molar refractivity (Wildman–Crippen MR) is 158 cm³/mol. The molecule has 1 N–H and O–H groups in total. The van der Waals surface area contributed by atoms with Crippen LogP contribution in [-0.2, 0) is 26.1 Å². The molecule has 11 heteroatoms. The highest BCUT2D eigenvalue weighted by atomic mass is 16.5. The second-order valence-electron chi connectivity index (χ2n) is 9.99.